The molecule has 0 unspecified atom stereocenters. The first-order valence-electron chi connectivity index (χ1n) is 24.9. The minimum atomic E-state index is -4.63. The van der Waals surface area contributed by atoms with Crippen molar-refractivity contribution in [3.8, 4) is 0 Å². The third kappa shape index (κ3) is 11.7. The van der Waals surface area contributed by atoms with E-state index in [0.29, 0.717) is 82.1 Å². The van der Waals surface area contributed by atoms with Crippen LogP contribution in [-0.4, -0.2) is 90.1 Å². The summed E-state index contributed by atoms with van der Waals surface area (Å²) in [7, 11) is 4.27. The van der Waals surface area contributed by atoms with Crippen LogP contribution in [0.5, 0.6) is 0 Å². The summed E-state index contributed by atoms with van der Waals surface area (Å²) in [6.45, 7) is 1.18. The zero-order valence-electron chi connectivity index (χ0n) is 41.9. The molecule has 1 aromatic rings. The van der Waals surface area contributed by atoms with Crippen molar-refractivity contribution in [2.24, 2.45) is 49.4 Å². The minimum absolute atomic E-state index is 0.111. The predicted molar refractivity (Wildman–Crippen MR) is 248 cm³/mol. The number of carbonyl (C=O) groups is 8. The van der Waals surface area contributed by atoms with Crippen molar-refractivity contribution < 1.29 is 89.1 Å². The van der Waals surface area contributed by atoms with E-state index < -0.39 is 53.0 Å². The highest BCUT2D eigenvalue weighted by atomic mass is 32.1. The predicted octanol–water partition coefficient (Wildman–Crippen LogP) is 8.92. The quantitative estimate of drug-likeness (QED) is 0.102. The van der Waals surface area contributed by atoms with Gasteiger partial charge in [0.05, 0.1) is 53.4 Å². The highest BCUT2D eigenvalue weighted by Crippen LogP contribution is 2.61. The molecule has 23 heteroatoms. The van der Waals surface area contributed by atoms with E-state index in [1.54, 1.807) is 0 Å². The lowest BCUT2D eigenvalue weighted by molar-refractivity contribution is -0.172. The van der Waals surface area contributed by atoms with Gasteiger partial charge in [0.2, 0.25) is 17.6 Å². The molecule has 12 aliphatic carbocycles. The summed E-state index contributed by atoms with van der Waals surface area (Å²) in [6, 6.07) is 0. The summed E-state index contributed by atoms with van der Waals surface area (Å²) < 4.78 is 85.7. The number of Topliss-reactive ketones (excluding diaryl/α,β-unsaturated/α-hetero) is 1. The molecular weight excluding hydrogens is 997 g/mol. The number of aliphatic carboxylic acids is 2. The number of fused-ring (bicyclic) bond motifs is 12. The number of carboxylic acids is 2. The lowest BCUT2D eigenvalue weighted by Crippen LogP contribution is -2.51. The Balaban J connectivity index is 0.000000173. The molecular formula is C50H69F6N3O13S. The molecule has 410 valence electrons. The van der Waals surface area contributed by atoms with Crippen LogP contribution in [0.2, 0.25) is 0 Å². The first-order valence-corrected chi connectivity index (χ1v) is 25.7. The van der Waals surface area contributed by atoms with Gasteiger partial charge in [-0.3, -0.25) is 38.4 Å². The Kier molecular flexibility index (Phi) is 17.6. The maximum absolute atomic E-state index is 12.6. The number of alkyl halides is 6. The van der Waals surface area contributed by atoms with Gasteiger partial charge in [0.15, 0.2) is 5.69 Å². The summed E-state index contributed by atoms with van der Waals surface area (Å²) >= 11 is 1.06. The fourth-order valence-electron chi connectivity index (χ4n) is 12.9. The summed E-state index contributed by atoms with van der Waals surface area (Å²) in [6.07, 6.45) is 6.91. The molecule has 12 fully saturated rings. The Morgan fingerprint density at radius 2 is 0.767 bits per heavy atom. The Hall–Kier alpha value is -4.83. The van der Waals surface area contributed by atoms with Gasteiger partial charge >= 0.3 is 42.2 Å². The van der Waals surface area contributed by atoms with E-state index in [9.17, 15) is 74.9 Å². The smallest absolute Gasteiger partial charge is 0.449 e. The van der Waals surface area contributed by atoms with Crippen LogP contribution in [0.3, 0.4) is 0 Å². The largest absolute Gasteiger partial charge is 0.481 e. The molecule has 0 radical (unpaired) electrons. The molecule has 12 saturated carbocycles. The number of hydrogen-bond acceptors (Lipinski definition) is 13. The van der Waals surface area contributed by atoms with Crippen molar-refractivity contribution in [1.82, 2.24) is 4.98 Å². The van der Waals surface area contributed by atoms with E-state index in [0.717, 1.165) is 93.8 Å². The Morgan fingerprint density at radius 3 is 0.959 bits per heavy atom. The van der Waals surface area contributed by atoms with Crippen molar-refractivity contribution in [3.05, 3.63) is 16.1 Å². The van der Waals surface area contributed by atoms with E-state index in [-0.39, 0.29) is 62.2 Å². The van der Waals surface area contributed by atoms with Crippen LogP contribution in [0.25, 0.3) is 0 Å². The third-order valence-corrected chi connectivity index (χ3v) is 19.8. The van der Waals surface area contributed by atoms with Crippen molar-refractivity contribution in [1.29, 1.82) is 0 Å². The normalized spacial score (nSPS) is 34.3. The van der Waals surface area contributed by atoms with Gasteiger partial charge in [-0.1, -0.05) is 6.92 Å². The third-order valence-electron chi connectivity index (χ3n) is 18.7. The number of methoxy groups -OCH3 is 3. The van der Waals surface area contributed by atoms with Crippen LogP contribution in [0.15, 0.2) is 5.38 Å². The van der Waals surface area contributed by atoms with Gasteiger partial charge in [0, 0.05) is 28.0 Å². The number of aromatic nitrogens is 1. The Bertz CT molecular complexity index is 2030. The molecule has 0 aromatic carbocycles. The average molecular weight is 1070 g/mol. The molecule has 73 heavy (non-hydrogen) atoms. The zero-order valence-corrected chi connectivity index (χ0v) is 42.7. The van der Waals surface area contributed by atoms with Gasteiger partial charge in [-0.25, -0.2) is 4.98 Å². The summed E-state index contributed by atoms with van der Waals surface area (Å²) in [5.41, 5.74) is 6.88. The molecule has 13 rings (SSSR count). The number of carboxylic acid groups (broad SMARTS) is 2. The second-order valence-electron chi connectivity index (χ2n) is 21.9. The number of nitrogens with zero attached hydrogens (tertiary/aromatic N) is 1. The van der Waals surface area contributed by atoms with Crippen molar-refractivity contribution >= 4 is 58.8 Å². The average Bonchev–Trinajstić information content (AvgIpc) is 3.93. The van der Waals surface area contributed by atoms with Gasteiger partial charge in [0.25, 0.3) is 0 Å². The molecule has 8 bridgehead atoms. The molecule has 0 aliphatic heterocycles. The van der Waals surface area contributed by atoms with Gasteiger partial charge in [-0.2, -0.15) is 26.3 Å². The number of hydrogen-bond donors (Lipinski definition) is 4. The highest BCUT2D eigenvalue weighted by molar-refractivity contribution is 7.09. The monoisotopic (exact) mass is 1070 g/mol. The zero-order chi connectivity index (χ0) is 54.7. The molecule has 12 aliphatic rings. The first-order chi connectivity index (χ1) is 33.9. The van der Waals surface area contributed by atoms with E-state index >= 15 is 0 Å². The standard InChI is InChI=1S/C13H14F3NO2S.2C11H17NO3.C11H16O4.C4H5F3O/c14-13(15,16)8-7-20-9(17-8)11-1-4-12(5-2-11,6-3-11)10(18)19;3*1-15-9(14)11-5-2-10(3-6-11,4-7-11)8(12)13;1-2-3(8)4(5,6)7/h7H,1-6H2,(H,18,19);2*2-7H2,1H3,(H2,12,13);2-7H2,1H3,(H,12,13);2H2,1H3. The number of amides is 2. The number of ketones is 1. The number of esters is 3. The SMILES string of the molecule is CCC(=O)C(F)(F)F.COC(=O)C12CCC(C(=O)O)(CC1)CC2.COC(=O)C12CCC(C(N)=O)(CC1)CC2.COC(=O)C12CCC(C(N)=O)(CC1)CC2.O=C(O)C12CCC(c3nc(C(F)(F)F)cs3)(CC1)CC2. The fourth-order valence-corrected chi connectivity index (χ4v) is 14.0. The number of nitrogens with two attached hydrogens (primary N) is 2. The lowest BCUT2D eigenvalue weighted by atomic mass is 9.53. The summed E-state index contributed by atoms with van der Waals surface area (Å²) in [4.78, 5) is 93.8. The van der Waals surface area contributed by atoms with E-state index in [4.69, 9.17) is 25.7 Å². The van der Waals surface area contributed by atoms with Gasteiger partial charge in [-0.05, 0) is 154 Å². The molecule has 2 amide bonds. The Morgan fingerprint density at radius 1 is 0.507 bits per heavy atom. The Labute approximate surface area is 423 Å². The van der Waals surface area contributed by atoms with Crippen molar-refractivity contribution in [3.63, 3.8) is 0 Å². The molecule has 16 nitrogen and oxygen atoms in total. The number of primary amides is 2. The van der Waals surface area contributed by atoms with Crippen LogP contribution in [-0.2, 0) is 64.2 Å². The minimum Gasteiger partial charge on any atom is -0.481 e. The molecule has 0 atom stereocenters. The number of rotatable bonds is 9. The van der Waals surface area contributed by atoms with Crippen molar-refractivity contribution in [2.75, 3.05) is 21.3 Å². The second kappa shape index (κ2) is 21.8. The summed E-state index contributed by atoms with van der Waals surface area (Å²) in [5, 5.41) is 20.1. The molecule has 1 aromatic heterocycles. The maximum Gasteiger partial charge on any atom is 0.449 e. The van der Waals surface area contributed by atoms with Crippen LogP contribution in [0.1, 0.15) is 178 Å². The fraction of sp³-hybridized carbons (Fsp3) is 0.780. The second-order valence-corrected chi connectivity index (χ2v) is 22.7. The number of halogens is 6. The lowest BCUT2D eigenvalue weighted by Gasteiger charge is -2.50. The van der Waals surface area contributed by atoms with Gasteiger partial charge in [0.1, 0.15) is 0 Å². The van der Waals surface area contributed by atoms with E-state index in [2.05, 4.69) is 4.98 Å². The molecule has 0 spiro atoms. The number of thiazole rings is 1. The van der Waals surface area contributed by atoms with Crippen LogP contribution >= 0.6 is 11.3 Å². The number of ether oxygens (including phenoxy) is 3. The van der Waals surface area contributed by atoms with Crippen LogP contribution in [0, 0.1) is 37.9 Å². The topological polar surface area (TPSA) is 270 Å². The molecule has 0 saturated heterocycles. The molecule has 6 N–H and O–H groups in total. The van der Waals surface area contributed by atoms with E-state index in [1.165, 1.54) is 28.3 Å². The van der Waals surface area contributed by atoms with Gasteiger partial charge < -0.3 is 35.9 Å². The van der Waals surface area contributed by atoms with E-state index in [1.807, 2.05) is 0 Å². The van der Waals surface area contributed by atoms with Crippen LogP contribution < -0.4 is 11.5 Å². The maximum atomic E-state index is 12.6. The molecule has 1 heterocycles. The highest BCUT2D eigenvalue weighted by Gasteiger charge is 2.59. The van der Waals surface area contributed by atoms with Gasteiger partial charge in [-0.15, -0.1) is 11.3 Å². The summed E-state index contributed by atoms with van der Waals surface area (Å²) in [5.74, 6) is -3.89. The van der Waals surface area contributed by atoms with Crippen LogP contribution in [0.4, 0.5) is 26.3 Å². The van der Waals surface area contributed by atoms with Crippen molar-refractivity contribution in [2.45, 2.75) is 185 Å². The number of carbonyl (C=O) groups excluding carboxylic acids is 6. The first kappa shape index (κ1) is 59.1.